The molecule has 0 unspecified atom stereocenters. The average Bonchev–Trinajstić information content (AvgIpc) is 2.66. The van der Waals surface area contributed by atoms with E-state index in [1.54, 1.807) is 12.1 Å². The number of hydrogen-bond donors (Lipinski definition) is 2. The standard InChI is InChI=1S/C18H20N2O4S2/c1-25-15-7-3-5-13(17(15)21)11-19-23-9-10-24-20-12-14-6-4-8-16(26-2)18(14)22/h3-8,11-12,21-22H,9-10H2,1-2H3/b19-11+,20-12+. The number of rotatable bonds is 9. The molecule has 6 nitrogen and oxygen atoms in total. The lowest BCUT2D eigenvalue weighted by molar-refractivity contribution is 0.0553. The van der Waals surface area contributed by atoms with Gasteiger partial charge in [-0.2, -0.15) is 0 Å². The molecule has 0 saturated carbocycles. The van der Waals surface area contributed by atoms with Gasteiger partial charge in [-0.25, -0.2) is 0 Å². The van der Waals surface area contributed by atoms with Crippen LogP contribution in [0, 0.1) is 0 Å². The molecule has 0 amide bonds. The van der Waals surface area contributed by atoms with Crippen molar-refractivity contribution in [2.75, 3.05) is 25.7 Å². The van der Waals surface area contributed by atoms with Crippen molar-refractivity contribution in [1.29, 1.82) is 0 Å². The lowest BCUT2D eigenvalue weighted by Gasteiger charge is -2.04. The Bertz CT molecular complexity index is 716. The van der Waals surface area contributed by atoms with Crippen LogP contribution in [-0.4, -0.2) is 48.4 Å². The molecular weight excluding hydrogens is 372 g/mol. The summed E-state index contributed by atoms with van der Waals surface area (Å²) in [5.74, 6) is 0.362. The number of benzene rings is 2. The van der Waals surface area contributed by atoms with Gasteiger partial charge >= 0.3 is 0 Å². The summed E-state index contributed by atoms with van der Waals surface area (Å²) >= 11 is 2.91. The summed E-state index contributed by atoms with van der Waals surface area (Å²) in [6, 6.07) is 10.8. The van der Waals surface area contributed by atoms with Crippen molar-refractivity contribution in [3.8, 4) is 11.5 Å². The third kappa shape index (κ3) is 5.60. The van der Waals surface area contributed by atoms with E-state index in [1.807, 2.05) is 36.8 Å². The van der Waals surface area contributed by atoms with Crippen molar-refractivity contribution in [3.05, 3.63) is 47.5 Å². The number of aromatic hydroxyl groups is 2. The van der Waals surface area contributed by atoms with Crippen LogP contribution in [-0.2, 0) is 9.68 Å². The second-order valence-electron chi connectivity index (χ2n) is 4.93. The van der Waals surface area contributed by atoms with Gasteiger partial charge in [0, 0.05) is 20.9 Å². The number of thioether (sulfide) groups is 2. The van der Waals surface area contributed by atoms with Gasteiger partial charge in [-0.15, -0.1) is 23.5 Å². The molecule has 2 aromatic carbocycles. The average molecular weight is 393 g/mol. The van der Waals surface area contributed by atoms with Crippen molar-refractivity contribution in [1.82, 2.24) is 0 Å². The topological polar surface area (TPSA) is 83.6 Å². The second kappa shape index (κ2) is 10.6. The first kappa shape index (κ1) is 20.0. The summed E-state index contributed by atoms with van der Waals surface area (Å²) in [6.07, 6.45) is 6.68. The maximum absolute atomic E-state index is 10.00. The van der Waals surface area contributed by atoms with Crippen LogP contribution in [0.3, 0.4) is 0 Å². The Balaban J connectivity index is 1.74. The first-order valence-corrected chi connectivity index (χ1v) is 10.1. The van der Waals surface area contributed by atoms with Gasteiger partial charge in [-0.3, -0.25) is 0 Å². The number of nitrogens with zero attached hydrogens (tertiary/aromatic N) is 2. The molecule has 0 aromatic heterocycles. The van der Waals surface area contributed by atoms with Crippen LogP contribution in [0.2, 0.25) is 0 Å². The quantitative estimate of drug-likeness (QED) is 0.291. The number of para-hydroxylation sites is 2. The van der Waals surface area contributed by atoms with Crippen LogP contribution in [0.4, 0.5) is 0 Å². The summed E-state index contributed by atoms with van der Waals surface area (Å²) in [5.41, 5.74) is 1.17. The molecule has 0 heterocycles. The summed E-state index contributed by atoms with van der Waals surface area (Å²) < 4.78 is 0. The molecule has 2 N–H and O–H groups in total. The molecule has 8 heteroatoms. The second-order valence-corrected chi connectivity index (χ2v) is 6.63. The number of oxime groups is 2. The SMILES string of the molecule is CSc1cccc(/C=N/OCCO/N=C/c2cccc(SC)c2O)c1O. The van der Waals surface area contributed by atoms with E-state index >= 15 is 0 Å². The zero-order chi connectivity index (χ0) is 18.8. The zero-order valence-electron chi connectivity index (χ0n) is 14.5. The molecular formula is C18H20N2O4S2. The first-order valence-electron chi connectivity index (χ1n) is 7.70. The summed E-state index contributed by atoms with van der Waals surface area (Å²) in [4.78, 5) is 11.7. The fraction of sp³-hybridized carbons (Fsp3) is 0.222. The van der Waals surface area contributed by atoms with Gasteiger partial charge < -0.3 is 19.9 Å². The van der Waals surface area contributed by atoms with Crippen LogP contribution in [0.1, 0.15) is 11.1 Å². The first-order chi connectivity index (χ1) is 12.7. The van der Waals surface area contributed by atoms with Crippen LogP contribution in [0.5, 0.6) is 11.5 Å². The Hall–Kier alpha value is -2.32. The molecule has 0 radical (unpaired) electrons. The molecule has 0 saturated heterocycles. The molecule has 0 aliphatic heterocycles. The molecule has 0 bridgehead atoms. The minimum atomic E-state index is 0.181. The van der Waals surface area contributed by atoms with E-state index in [2.05, 4.69) is 10.3 Å². The van der Waals surface area contributed by atoms with Crippen LogP contribution in [0.15, 0.2) is 56.5 Å². The Morgan fingerprint density at radius 3 is 1.62 bits per heavy atom. The van der Waals surface area contributed by atoms with Gasteiger partial charge in [-0.1, -0.05) is 22.4 Å². The van der Waals surface area contributed by atoms with Crippen LogP contribution >= 0.6 is 23.5 Å². The molecule has 0 fully saturated rings. The highest BCUT2D eigenvalue weighted by Gasteiger charge is 2.04. The highest BCUT2D eigenvalue weighted by Crippen LogP contribution is 2.29. The largest absolute Gasteiger partial charge is 0.506 e. The van der Waals surface area contributed by atoms with E-state index in [0.717, 1.165) is 9.79 Å². The Morgan fingerprint density at radius 2 is 1.23 bits per heavy atom. The van der Waals surface area contributed by atoms with E-state index in [-0.39, 0.29) is 24.7 Å². The van der Waals surface area contributed by atoms with Gasteiger partial charge in [-0.05, 0) is 36.8 Å². The lowest BCUT2D eigenvalue weighted by atomic mass is 10.2. The van der Waals surface area contributed by atoms with Crippen LogP contribution in [0.25, 0.3) is 0 Å². The Kier molecular flexibility index (Phi) is 8.17. The molecule has 2 rings (SSSR count). The molecule has 0 aliphatic rings. The van der Waals surface area contributed by atoms with E-state index in [1.165, 1.54) is 36.0 Å². The fourth-order valence-electron chi connectivity index (χ4n) is 1.98. The van der Waals surface area contributed by atoms with Gasteiger partial charge in [0.05, 0.1) is 12.4 Å². The van der Waals surface area contributed by atoms with Crippen molar-refractivity contribution in [2.24, 2.45) is 10.3 Å². The van der Waals surface area contributed by atoms with E-state index in [9.17, 15) is 10.2 Å². The molecule has 0 spiro atoms. The molecule has 26 heavy (non-hydrogen) atoms. The fourth-order valence-corrected chi connectivity index (χ4v) is 3.04. The maximum atomic E-state index is 10.00. The smallest absolute Gasteiger partial charge is 0.153 e. The Morgan fingerprint density at radius 1 is 0.808 bits per heavy atom. The van der Waals surface area contributed by atoms with Crippen molar-refractivity contribution >= 4 is 36.0 Å². The lowest BCUT2D eigenvalue weighted by Crippen LogP contribution is -1.98. The highest BCUT2D eigenvalue weighted by atomic mass is 32.2. The molecule has 0 atom stereocenters. The van der Waals surface area contributed by atoms with Gasteiger partial charge in [0.15, 0.2) is 13.2 Å². The van der Waals surface area contributed by atoms with Crippen molar-refractivity contribution in [2.45, 2.75) is 9.79 Å². The van der Waals surface area contributed by atoms with Crippen LogP contribution < -0.4 is 0 Å². The van der Waals surface area contributed by atoms with Gasteiger partial charge in [0.1, 0.15) is 11.5 Å². The van der Waals surface area contributed by atoms with E-state index in [0.29, 0.717) is 11.1 Å². The predicted octanol–water partition coefficient (Wildman–Crippen LogP) is 3.94. The molecule has 2 aromatic rings. The Labute approximate surface area is 160 Å². The summed E-state index contributed by atoms with van der Waals surface area (Å²) in [5, 5.41) is 27.6. The molecule has 0 aliphatic carbocycles. The van der Waals surface area contributed by atoms with Gasteiger partial charge in [0.25, 0.3) is 0 Å². The summed E-state index contributed by atoms with van der Waals surface area (Å²) in [6.45, 7) is 0.404. The molecule has 138 valence electrons. The van der Waals surface area contributed by atoms with Crippen molar-refractivity contribution in [3.63, 3.8) is 0 Å². The summed E-state index contributed by atoms with van der Waals surface area (Å²) in [7, 11) is 0. The monoisotopic (exact) mass is 392 g/mol. The number of phenolic OH excluding ortho intramolecular Hbond substituents is 2. The third-order valence-corrected chi connectivity index (χ3v) is 4.84. The normalized spacial score (nSPS) is 11.3. The van der Waals surface area contributed by atoms with Gasteiger partial charge in [0.2, 0.25) is 0 Å². The minimum Gasteiger partial charge on any atom is -0.506 e. The van der Waals surface area contributed by atoms with E-state index < -0.39 is 0 Å². The van der Waals surface area contributed by atoms with Crippen molar-refractivity contribution < 1.29 is 19.9 Å². The number of phenols is 2. The minimum absolute atomic E-state index is 0.181. The third-order valence-electron chi connectivity index (χ3n) is 3.30. The number of hydrogen-bond acceptors (Lipinski definition) is 8. The zero-order valence-corrected chi connectivity index (χ0v) is 16.1. The maximum Gasteiger partial charge on any atom is 0.153 e. The predicted molar refractivity (Wildman–Crippen MR) is 107 cm³/mol. The van der Waals surface area contributed by atoms with E-state index in [4.69, 9.17) is 9.68 Å². The highest BCUT2D eigenvalue weighted by molar-refractivity contribution is 7.99.